The van der Waals surface area contributed by atoms with Crippen molar-refractivity contribution in [2.24, 2.45) is 14.1 Å². The molecule has 0 atom stereocenters. The molecule has 3 aromatic rings. The summed E-state index contributed by atoms with van der Waals surface area (Å²) in [7, 11) is 1.77. The first-order chi connectivity index (χ1) is 16.0. The molecule has 0 bridgehead atoms. The molecule has 1 saturated heterocycles. The fourth-order valence-electron chi connectivity index (χ4n) is 3.82. The van der Waals surface area contributed by atoms with E-state index < -0.39 is 47.2 Å². The zero-order valence-corrected chi connectivity index (χ0v) is 20.4. The van der Waals surface area contributed by atoms with Crippen LogP contribution in [0.25, 0.3) is 11.0 Å². The normalized spacial score (nSPS) is 17.3. The lowest BCUT2D eigenvalue weighted by molar-refractivity contribution is -0.144. The van der Waals surface area contributed by atoms with Gasteiger partial charge in [-0.3, -0.25) is 13.9 Å². The minimum atomic E-state index is -4.90. The maximum atomic E-state index is 13.6. The van der Waals surface area contributed by atoms with E-state index in [4.69, 9.17) is 9.31 Å². The first-order valence-corrected chi connectivity index (χ1v) is 10.8. The molecule has 13 heteroatoms. The van der Waals surface area contributed by atoms with Gasteiger partial charge in [-0.25, -0.2) is 14.8 Å². The smallest absolute Gasteiger partial charge is 0.399 e. The molecule has 4 rings (SSSR count). The van der Waals surface area contributed by atoms with Gasteiger partial charge in [0.2, 0.25) is 5.82 Å². The summed E-state index contributed by atoms with van der Waals surface area (Å²) in [6.07, 6.45) is -4.90. The van der Waals surface area contributed by atoms with Crippen molar-refractivity contribution >= 4 is 35.1 Å². The minimum Gasteiger partial charge on any atom is -0.399 e. The summed E-state index contributed by atoms with van der Waals surface area (Å²) >= 11 is 0. The Labute approximate surface area is 199 Å². The van der Waals surface area contributed by atoms with Gasteiger partial charge in [0.1, 0.15) is 11.2 Å². The van der Waals surface area contributed by atoms with Crippen LogP contribution in [0.1, 0.15) is 39.1 Å². The Hall–Kier alpha value is -3.19. The monoisotopic (exact) mass is 491 g/mol. The number of nitrogens with one attached hydrogen (secondary N) is 1. The Kier molecular flexibility index (Phi) is 5.64. The van der Waals surface area contributed by atoms with Crippen LogP contribution in [-0.2, 0) is 29.6 Å². The second-order valence-corrected chi connectivity index (χ2v) is 9.53. The summed E-state index contributed by atoms with van der Waals surface area (Å²) in [5.41, 5.74) is -1.54. The van der Waals surface area contributed by atoms with Crippen LogP contribution in [0.2, 0.25) is 0 Å². The van der Waals surface area contributed by atoms with Crippen molar-refractivity contribution in [3.8, 4) is 0 Å². The van der Waals surface area contributed by atoms with Gasteiger partial charge in [0.05, 0.1) is 11.2 Å². The van der Waals surface area contributed by atoms with Crippen LogP contribution in [0.3, 0.4) is 0 Å². The van der Waals surface area contributed by atoms with Gasteiger partial charge >= 0.3 is 19.0 Å². The number of rotatable bonds is 3. The molecule has 186 valence electrons. The molecule has 0 spiro atoms. The summed E-state index contributed by atoms with van der Waals surface area (Å²) in [5.74, 6) is -1.84. The lowest BCUT2D eigenvalue weighted by Gasteiger charge is -2.32. The summed E-state index contributed by atoms with van der Waals surface area (Å²) < 4.78 is 54.7. The van der Waals surface area contributed by atoms with Gasteiger partial charge in [-0.15, -0.1) is 0 Å². The highest BCUT2D eigenvalue weighted by Gasteiger charge is 2.52. The Morgan fingerprint density at radius 2 is 1.60 bits per heavy atom. The van der Waals surface area contributed by atoms with Crippen molar-refractivity contribution in [1.29, 1.82) is 0 Å². The van der Waals surface area contributed by atoms with Crippen LogP contribution in [0, 0.1) is 6.92 Å². The van der Waals surface area contributed by atoms with E-state index in [0.717, 1.165) is 9.13 Å². The fraction of sp³-hybridized carbons (Fsp3) is 0.455. The number of nitrogens with zero attached hydrogens (tertiary/aromatic N) is 4. The summed E-state index contributed by atoms with van der Waals surface area (Å²) in [5, 5.41) is 2.61. The van der Waals surface area contributed by atoms with Crippen LogP contribution < -0.4 is 22.0 Å². The van der Waals surface area contributed by atoms with Gasteiger partial charge < -0.3 is 14.6 Å². The number of anilines is 2. The molecule has 3 heterocycles. The number of aryl methyl sites for hydroxylation is 1. The maximum absolute atomic E-state index is 13.6. The first-order valence-electron chi connectivity index (χ1n) is 10.8. The standard InChI is InChI=1S/C22H25BF3N5O4/c1-11-12(23-34-20(2,3)21(4,5)35-23)9-8-10-13(11)27-15-14-16(29-18(28-15)22(24,25)26)30(6)19(33)31(7)17(14)32/h8-10H,1-7H3,(H,27,28,29). The molecule has 1 aliphatic heterocycles. The zero-order chi connectivity index (χ0) is 26.1. The van der Waals surface area contributed by atoms with Crippen molar-refractivity contribution in [2.75, 3.05) is 5.32 Å². The maximum Gasteiger partial charge on any atom is 0.495 e. The minimum absolute atomic E-state index is 0.247. The van der Waals surface area contributed by atoms with E-state index in [2.05, 4.69) is 15.3 Å². The van der Waals surface area contributed by atoms with Crippen LogP contribution in [0.5, 0.6) is 0 Å². The van der Waals surface area contributed by atoms with E-state index in [0.29, 0.717) is 16.7 Å². The van der Waals surface area contributed by atoms with E-state index in [-0.39, 0.29) is 11.2 Å². The average molecular weight is 491 g/mol. The van der Waals surface area contributed by atoms with Crippen molar-refractivity contribution in [2.45, 2.75) is 52.0 Å². The Balaban J connectivity index is 1.89. The predicted molar refractivity (Wildman–Crippen MR) is 125 cm³/mol. The Morgan fingerprint density at radius 1 is 1.00 bits per heavy atom. The first kappa shape index (κ1) is 24.9. The summed E-state index contributed by atoms with van der Waals surface area (Å²) in [6, 6.07) is 5.12. The third-order valence-electron chi connectivity index (χ3n) is 6.69. The molecular formula is C22H25BF3N5O4. The quantitative estimate of drug-likeness (QED) is 0.562. The Bertz CT molecular complexity index is 1450. The molecule has 0 unspecified atom stereocenters. The number of aromatic nitrogens is 4. The van der Waals surface area contributed by atoms with Crippen LogP contribution >= 0.6 is 0 Å². The fourth-order valence-corrected chi connectivity index (χ4v) is 3.82. The number of hydrogen-bond acceptors (Lipinski definition) is 7. The van der Waals surface area contributed by atoms with Crippen LogP contribution in [-0.4, -0.2) is 37.4 Å². The molecule has 2 aromatic heterocycles. The van der Waals surface area contributed by atoms with Crippen LogP contribution in [0.4, 0.5) is 24.7 Å². The highest BCUT2D eigenvalue weighted by molar-refractivity contribution is 6.62. The van der Waals surface area contributed by atoms with Crippen molar-refractivity contribution in [3.05, 3.63) is 50.4 Å². The molecule has 0 radical (unpaired) electrons. The number of halogens is 3. The van der Waals surface area contributed by atoms with E-state index >= 15 is 0 Å². The highest BCUT2D eigenvalue weighted by Crippen LogP contribution is 2.37. The summed E-state index contributed by atoms with van der Waals surface area (Å²) in [6.45, 7) is 9.41. The van der Waals surface area contributed by atoms with Gasteiger partial charge in [-0.05, 0) is 51.7 Å². The lowest BCUT2D eigenvalue weighted by Crippen LogP contribution is -2.41. The second kappa shape index (κ2) is 7.92. The van der Waals surface area contributed by atoms with E-state index in [9.17, 15) is 22.8 Å². The molecule has 0 saturated carbocycles. The second-order valence-electron chi connectivity index (χ2n) is 9.53. The molecule has 1 aromatic carbocycles. The van der Waals surface area contributed by atoms with E-state index in [1.54, 1.807) is 25.1 Å². The molecule has 1 aliphatic rings. The molecule has 0 amide bonds. The number of hydrogen-bond donors (Lipinski definition) is 1. The number of benzene rings is 1. The van der Waals surface area contributed by atoms with Crippen molar-refractivity contribution < 1.29 is 22.5 Å². The van der Waals surface area contributed by atoms with E-state index in [1.807, 2.05) is 27.7 Å². The number of alkyl halides is 3. The largest absolute Gasteiger partial charge is 0.495 e. The lowest BCUT2D eigenvalue weighted by atomic mass is 9.76. The Morgan fingerprint density at radius 3 is 2.17 bits per heavy atom. The van der Waals surface area contributed by atoms with Gasteiger partial charge in [0, 0.05) is 19.8 Å². The zero-order valence-electron chi connectivity index (χ0n) is 20.4. The van der Waals surface area contributed by atoms with Gasteiger partial charge in [0.15, 0.2) is 5.65 Å². The predicted octanol–water partition coefficient (Wildman–Crippen LogP) is 2.40. The van der Waals surface area contributed by atoms with Crippen molar-refractivity contribution in [3.63, 3.8) is 0 Å². The molecule has 35 heavy (non-hydrogen) atoms. The number of fused-ring (bicyclic) bond motifs is 1. The summed E-state index contributed by atoms with van der Waals surface area (Å²) in [4.78, 5) is 32.3. The van der Waals surface area contributed by atoms with Gasteiger partial charge in [0.25, 0.3) is 5.56 Å². The molecule has 1 fully saturated rings. The third-order valence-corrected chi connectivity index (χ3v) is 6.69. The average Bonchev–Trinajstić information content (AvgIpc) is 2.97. The molecular weight excluding hydrogens is 466 g/mol. The highest BCUT2D eigenvalue weighted by atomic mass is 19.4. The third kappa shape index (κ3) is 4.02. The molecule has 1 N–H and O–H groups in total. The van der Waals surface area contributed by atoms with Gasteiger partial charge in [-0.1, -0.05) is 12.1 Å². The topological polar surface area (TPSA) is 100 Å². The molecule has 9 nitrogen and oxygen atoms in total. The van der Waals surface area contributed by atoms with Crippen molar-refractivity contribution in [1.82, 2.24) is 19.1 Å². The SMILES string of the molecule is Cc1c(Nc2nc(C(F)(F)F)nc3c2c(=O)n(C)c(=O)n3C)cccc1B1OC(C)(C)C(C)(C)O1. The van der Waals surface area contributed by atoms with Crippen LogP contribution in [0.15, 0.2) is 27.8 Å². The van der Waals surface area contributed by atoms with E-state index in [1.165, 1.54) is 14.1 Å². The van der Waals surface area contributed by atoms with Gasteiger partial charge in [-0.2, -0.15) is 13.2 Å². The molecule has 0 aliphatic carbocycles.